The number of methoxy groups -OCH3 is 1. The summed E-state index contributed by atoms with van der Waals surface area (Å²) in [5.74, 6) is 1.27. The maximum absolute atomic E-state index is 13.0. The Kier molecular flexibility index (Phi) is 8.32. The molecule has 0 bridgehead atoms. The predicted molar refractivity (Wildman–Crippen MR) is 151 cm³/mol. The lowest BCUT2D eigenvalue weighted by molar-refractivity contribution is -0.131. The first-order valence-electron chi connectivity index (χ1n) is 12.8. The fourth-order valence-corrected chi connectivity index (χ4v) is 6.23. The van der Waals surface area contributed by atoms with Crippen molar-refractivity contribution in [1.29, 1.82) is 0 Å². The zero-order valence-electron chi connectivity index (χ0n) is 22.1. The molecule has 1 N–H and O–H groups in total. The van der Waals surface area contributed by atoms with Gasteiger partial charge in [0.1, 0.15) is 18.1 Å². The van der Waals surface area contributed by atoms with Gasteiger partial charge in [0, 0.05) is 30.8 Å². The Balaban J connectivity index is 1.65. The van der Waals surface area contributed by atoms with Gasteiger partial charge < -0.3 is 14.4 Å². The molecular formula is C28H37N2O5PS. The minimum absolute atomic E-state index is 0.408. The molecule has 2 aromatic carbocycles. The number of hydrogen-bond donors (Lipinski definition) is 1. The monoisotopic (exact) mass is 544 g/mol. The fraction of sp³-hybridized carbons (Fsp3) is 0.464. The lowest BCUT2D eigenvalue weighted by Gasteiger charge is -2.38. The van der Waals surface area contributed by atoms with Gasteiger partial charge in [-0.3, -0.25) is 9.52 Å². The summed E-state index contributed by atoms with van der Waals surface area (Å²) in [7, 11) is 0.847. The Morgan fingerprint density at radius 2 is 1.81 bits per heavy atom. The number of ether oxygens (including phenoxy) is 2. The highest BCUT2D eigenvalue weighted by Gasteiger charge is 2.38. The van der Waals surface area contributed by atoms with Gasteiger partial charge in [0.05, 0.1) is 18.8 Å². The van der Waals surface area contributed by atoms with E-state index in [1.807, 2.05) is 32.0 Å². The maximum Gasteiger partial charge on any atom is 0.240 e. The number of benzene rings is 2. The van der Waals surface area contributed by atoms with E-state index in [4.69, 9.17) is 9.47 Å². The van der Waals surface area contributed by atoms with Crippen molar-refractivity contribution in [3.63, 3.8) is 0 Å². The average Bonchev–Trinajstić information content (AvgIpc) is 3.02. The van der Waals surface area contributed by atoms with Crippen LogP contribution >= 0.6 is 9.24 Å². The Morgan fingerprint density at radius 3 is 2.43 bits per heavy atom. The zero-order chi connectivity index (χ0) is 26.8. The first-order chi connectivity index (χ1) is 17.6. The first kappa shape index (κ1) is 27.6. The van der Waals surface area contributed by atoms with Crippen molar-refractivity contribution in [1.82, 2.24) is 9.62 Å². The Labute approximate surface area is 222 Å². The summed E-state index contributed by atoms with van der Waals surface area (Å²) in [4.78, 5) is 15.3. The SMILES string of the molecule is CCC(CC)(CN1CCC(=C2c3ccc(OC)cc3COc3ccc(P)cc32)CC1)C(=O)NS(C)(=O)=O. The largest absolute Gasteiger partial charge is 0.497 e. The third kappa shape index (κ3) is 6.02. The summed E-state index contributed by atoms with van der Waals surface area (Å²) in [6.07, 6.45) is 3.90. The predicted octanol–water partition coefficient (Wildman–Crippen LogP) is 3.87. The summed E-state index contributed by atoms with van der Waals surface area (Å²) in [6, 6.07) is 12.4. The van der Waals surface area contributed by atoms with E-state index >= 15 is 0 Å². The zero-order valence-corrected chi connectivity index (χ0v) is 24.1. The number of carbonyl (C=O) groups is 1. The second kappa shape index (κ2) is 11.1. The summed E-state index contributed by atoms with van der Waals surface area (Å²) in [6.45, 7) is 6.52. The molecule has 2 aliphatic rings. The average molecular weight is 545 g/mol. The highest BCUT2D eigenvalue weighted by molar-refractivity contribution is 7.89. The molecule has 1 unspecified atom stereocenters. The van der Waals surface area contributed by atoms with Gasteiger partial charge in [-0.05, 0) is 66.4 Å². The molecule has 0 radical (unpaired) electrons. The Morgan fingerprint density at radius 1 is 1.11 bits per heavy atom. The molecule has 37 heavy (non-hydrogen) atoms. The van der Waals surface area contributed by atoms with Crippen molar-refractivity contribution in [3.8, 4) is 11.5 Å². The highest BCUT2D eigenvalue weighted by atomic mass is 32.2. The van der Waals surface area contributed by atoms with Gasteiger partial charge in [-0.25, -0.2) is 8.42 Å². The highest BCUT2D eigenvalue weighted by Crippen LogP contribution is 2.42. The Bertz CT molecular complexity index is 1310. The summed E-state index contributed by atoms with van der Waals surface area (Å²) < 4.78 is 37.4. The summed E-state index contributed by atoms with van der Waals surface area (Å²) in [5.41, 5.74) is 5.21. The van der Waals surface area contributed by atoms with Gasteiger partial charge in [-0.2, -0.15) is 0 Å². The van der Waals surface area contributed by atoms with Gasteiger partial charge in [0.25, 0.3) is 0 Å². The first-order valence-corrected chi connectivity index (χ1v) is 15.2. The molecule has 2 heterocycles. The molecule has 2 aliphatic heterocycles. The van der Waals surface area contributed by atoms with Gasteiger partial charge >= 0.3 is 0 Å². The standard InChI is InChI=1S/C28H37N2O5PS/c1-5-28(6-2,27(31)29-37(4,32)33)18-30-13-11-19(12-14-30)26-23-9-7-21(34-3)15-20(23)17-35-25-10-8-22(36)16-24(25)26/h7-10,15-16H,5-6,11-14,17-18,36H2,1-4H3,(H,29,31). The van der Waals surface area contributed by atoms with E-state index < -0.39 is 21.3 Å². The molecule has 0 saturated carbocycles. The number of nitrogens with zero attached hydrogens (tertiary/aromatic N) is 1. The molecule has 1 saturated heterocycles. The van der Waals surface area contributed by atoms with Crippen LogP contribution in [0.5, 0.6) is 11.5 Å². The van der Waals surface area contributed by atoms with Crippen LogP contribution in [0.15, 0.2) is 42.0 Å². The molecule has 2 aromatic rings. The number of hydrogen-bond acceptors (Lipinski definition) is 6. The number of carbonyl (C=O) groups excluding carboxylic acids is 1. The van der Waals surface area contributed by atoms with Crippen LogP contribution in [0.3, 0.4) is 0 Å². The molecule has 0 aliphatic carbocycles. The molecule has 0 aromatic heterocycles. The van der Waals surface area contributed by atoms with E-state index in [0.717, 1.165) is 60.1 Å². The quantitative estimate of drug-likeness (QED) is 0.533. The second-order valence-corrected chi connectivity index (χ2v) is 12.4. The molecule has 1 amide bonds. The summed E-state index contributed by atoms with van der Waals surface area (Å²) >= 11 is 0. The third-order valence-electron chi connectivity index (χ3n) is 7.69. The third-order valence-corrected chi connectivity index (χ3v) is 8.61. The van der Waals surface area contributed by atoms with E-state index in [-0.39, 0.29) is 0 Å². The lowest BCUT2D eigenvalue weighted by Crippen LogP contribution is -2.50. The van der Waals surface area contributed by atoms with Crippen LogP contribution in [0, 0.1) is 5.41 Å². The number of nitrogens with one attached hydrogen (secondary N) is 1. The van der Waals surface area contributed by atoms with Crippen LogP contribution in [0.4, 0.5) is 0 Å². The van der Waals surface area contributed by atoms with E-state index in [9.17, 15) is 13.2 Å². The van der Waals surface area contributed by atoms with Gasteiger partial charge in [-0.15, -0.1) is 9.24 Å². The summed E-state index contributed by atoms with van der Waals surface area (Å²) in [5, 5.41) is 1.10. The van der Waals surface area contributed by atoms with Gasteiger partial charge in [-0.1, -0.05) is 31.6 Å². The van der Waals surface area contributed by atoms with E-state index in [1.165, 1.54) is 16.7 Å². The van der Waals surface area contributed by atoms with Crippen LogP contribution in [0.1, 0.15) is 56.2 Å². The minimum Gasteiger partial charge on any atom is -0.497 e. The Hall–Kier alpha value is -2.41. The number of sulfonamides is 1. The fourth-order valence-electron chi connectivity index (χ4n) is 5.41. The van der Waals surface area contributed by atoms with E-state index in [1.54, 1.807) is 7.11 Å². The molecule has 1 atom stereocenters. The van der Waals surface area contributed by atoms with Crippen molar-refractivity contribution in [3.05, 3.63) is 58.7 Å². The topological polar surface area (TPSA) is 84.9 Å². The van der Waals surface area contributed by atoms with Crippen LogP contribution in [-0.2, 0) is 21.4 Å². The molecule has 200 valence electrons. The molecule has 1 fully saturated rings. The minimum atomic E-state index is -3.61. The second-order valence-electron chi connectivity index (χ2n) is 10.0. The number of amides is 1. The van der Waals surface area contributed by atoms with Crippen molar-refractivity contribution < 1.29 is 22.7 Å². The molecule has 9 heteroatoms. The van der Waals surface area contributed by atoms with Gasteiger partial charge in [0.15, 0.2) is 0 Å². The number of piperidine rings is 1. The van der Waals surface area contributed by atoms with E-state index in [0.29, 0.717) is 26.0 Å². The molecular weight excluding hydrogens is 507 g/mol. The number of likely N-dealkylation sites (tertiary alicyclic amines) is 1. The molecule has 4 rings (SSSR count). The molecule has 7 nitrogen and oxygen atoms in total. The number of fused-ring (bicyclic) bond motifs is 2. The molecule has 0 spiro atoms. The smallest absolute Gasteiger partial charge is 0.240 e. The van der Waals surface area contributed by atoms with Gasteiger partial charge in [0.2, 0.25) is 15.9 Å². The van der Waals surface area contributed by atoms with Crippen molar-refractivity contribution in [2.24, 2.45) is 5.41 Å². The van der Waals surface area contributed by atoms with Crippen molar-refractivity contribution in [2.45, 2.75) is 46.1 Å². The van der Waals surface area contributed by atoms with Crippen LogP contribution in [-0.4, -0.2) is 52.2 Å². The van der Waals surface area contributed by atoms with Crippen LogP contribution < -0.4 is 19.5 Å². The van der Waals surface area contributed by atoms with E-state index in [2.05, 4.69) is 37.1 Å². The van der Waals surface area contributed by atoms with Crippen molar-refractivity contribution >= 4 is 36.0 Å². The van der Waals surface area contributed by atoms with Crippen molar-refractivity contribution in [2.75, 3.05) is 33.0 Å². The van der Waals surface area contributed by atoms with Crippen LogP contribution in [0.2, 0.25) is 0 Å². The number of rotatable bonds is 7. The lowest BCUT2D eigenvalue weighted by atomic mass is 9.80. The van der Waals surface area contributed by atoms with Crippen LogP contribution in [0.25, 0.3) is 5.57 Å². The normalized spacial score (nSPS) is 16.4. The maximum atomic E-state index is 13.0.